The smallest absolute Gasteiger partial charge is 0.253 e. The average molecular weight is 357 g/mol. The molecule has 8 heteroatoms. The van der Waals surface area contributed by atoms with Crippen LogP contribution in [0.5, 0.6) is 0 Å². The van der Waals surface area contributed by atoms with E-state index >= 15 is 0 Å². The third kappa shape index (κ3) is 3.31. The summed E-state index contributed by atoms with van der Waals surface area (Å²) in [6.07, 6.45) is 5.52. The predicted molar refractivity (Wildman–Crippen MR) is 90.4 cm³/mol. The number of fused-ring (bicyclic) bond motifs is 1. The van der Waals surface area contributed by atoms with E-state index in [-0.39, 0.29) is 23.9 Å². The first-order chi connectivity index (χ1) is 12.6. The maximum Gasteiger partial charge on any atom is 0.253 e. The number of hydrogen-bond acceptors (Lipinski definition) is 4. The van der Waals surface area contributed by atoms with Gasteiger partial charge in [-0.05, 0) is 25.0 Å². The molecule has 2 aromatic rings. The summed E-state index contributed by atoms with van der Waals surface area (Å²) in [5.74, 6) is -0.503. The van der Waals surface area contributed by atoms with Crippen molar-refractivity contribution in [2.75, 3.05) is 6.54 Å². The van der Waals surface area contributed by atoms with Crippen LogP contribution in [-0.2, 0) is 24.4 Å². The quantitative estimate of drug-likeness (QED) is 0.899. The Labute approximate surface area is 150 Å². The molecule has 0 spiro atoms. The highest BCUT2D eigenvalue weighted by atomic mass is 19.1. The number of carbonyl (C=O) groups is 2. The number of pyridine rings is 1. The first kappa shape index (κ1) is 16.7. The zero-order valence-corrected chi connectivity index (χ0v) is 14.3. The Balaban J connectivity index is 1.37. The molecule has 0 aromatic carbocycles. The molecule has 0 saturated heterocycles. The van der Waals surface area contributed by atoms with Gasteiger partial charge in [0.15, 0.2) is 0 Å². The summed E-state index contributed by atoms with van der Waals surface area (Å²) in [7, 11) is 0. The van der Waals surface area contributed by atoms with Gasteiger partial charge in [-0.25, -0.2) is 4.39 Å². The number of aromatic nitrogens is 3. The van der Waals surface area contributed by atoms with E-state index in [2.05, 4.69) is 15.4 Å². The molecule has 4 rings (SSSR count). The average Bonchev–Trinajstić information content (AvgIpc) is 3.00. The van der Waals surface area contributed by atoms with Gasteiger partial charge in [-0.3, -0.25) is 19.3 Å². The van der Waals surface area contributed by atoms with Gasteiger partial charge in [0.1, 0.15) is 5.82 Å². The lowest BCUT2D eigenvalue weighted by molar-refractivity contribution is -0.139. The highest BCUT2D eigenvalue weighted by molar-refractivity contribution is 5.93. The molecule has 0 radical (unpaired) electrons. The van der Waals surface area contributed by atoms with Crippen molar-refractivity contribution < 1.29 is 14.0 Å². The minimum absolute atomic E-state index is 0.172. The molecule has 1 fully saturated rings. The van der Waals surface area contributed by atoms with Gasteiger partial charge in [-0.15, -0.1) is 0 Å². The molecule has 136 valence electrons. The number of nitrogens with zero attached hydrogens (tertiary/aromatic N) is 4. The van der Waals surface area contributed by atoms with Crippen molar-refractivity contribution in [3.05, 3.63) is 47.3 Å². The standard InChI is InChI=1S/C18H20FN5O2/c19-14-6-13(8-20-9-14)17(25)21-10-15-7-16-11-23(4-5-24(16)22-15)18(26)12-2-1-3-12/h6-9,12H,1-5,10-11H2,(H,21,25). The Hall–Kier alpha value is -2.77. The Kier molecular flexibility index (Phi) is 4.40. The minimum atomic E-state index is -0.550. The van der Waals surface area contributed by atoms with Gasteiger partial charge in [0, 0.05) is 18.7 Å². The highest BCUT2D eigenvalue weighted by Gasteiger charge is 2.31. The topological polar surface area (TPSA) is 80.1 Å². The van der Waals surface area contributed by atoms with E-state index in [9.17, 15) is 14.0 Å². The van der Waals surface area contributed by atoms with Gasteiger partial charge in [-0.2, -0.15) is 5.10 Å². The van der Waals surface area contributed by atoms with Crippen LogP contribution in [0.1, 0.15) is 41.0 Å². The molecule has 1 aliphatic heterocycles. The summed E-state index contributed by atoms with van der Waals surface area (Å²) >= 11 is 0. The fraction of sp³-hybridized carbons (Fsp3) is 0.444. The van der Waals surface area contributed by atoms with Gasteiger partial charge < -0.3 is 10.2 Å². The molecule has 2 aliphatic rings. The van der Waals surface area contributed by atoms with Crippen molar-refractivity contribution in [3.63, 3.8) is 0 Å². The number of hydrogen-bond donors (Lipinski definition) is 1. The van der Waals surface area contributed by atoms with Crippen molar-refractivity contribution >= 4 is 11.8 Å². The van der Waals surface area contributed by atoms with Crippen molar-refractivity contribution in [1.29, 1.82) is 0 Å². The summed E-state index contributed by atoms with van der Waals surface area (Å²) < 4.78 is 15.0. The van der Waals surface area contributed by atoms with Gasteiger partial charge in [0.2, 0.25) is 5.91 Å². The predicted octanol–water partition coefficient (Wildman–Crippen LogP) is 1.49. The van der Waals surface area contributed by atoms with Gasteiger partial charge >= 0.3 is 0 Å². The molecule has 1 saturated carbocycles. The lowest BCUT2D eigenvalue weighted by atomic mass is 9.84. The third-order valence-electron chi connectivity index (χ3n) is 5.01. The van der Waals surface area contributed by atoms with Crippen LogP contribution in [0.15, 0.2) is 24.5 Å². The molecule has 2 aromatic heterocycles. The van der Waals surface area contributed by atoms with Crippen LogP contribution in [0.2, 0.25) is 0 Å². The van der Waals surface area contributed by atoms with Gasteiger partial charge in [-0.1, -0.05) is 6.42 Å². The number of halogens is 1. The van der Waals surface area contributed by atoms with E-state index in [0.717, 1.165) is 42.9 Å². The van der Waals surface area contributed by atoms with Crippen LogP contribution in [0.4, 0.5) is 4.39 Å². The second kappa shape index (κ2) is 6.86. The van der Waals surface area contributed by atoms with Crippen LogP contribution < -0.4 is 5.32 Å². The second-order valence-electron chi connectivity index (χ2n) is 6.81. The Morgan fingerprint density at radius 1 is 1.23 bits per heavy atom. The first-order valence-electron chi connectivity index (χ1n) is 8.83. The van der Waals surface area contributed by atoms with E-state index in [1.165, 1.54) is 6.20 Å². The molecule has 7 nitrogen and oxygen atoms in total. The lowest BCUT2D eigenvalue weighted by Gasteiger charge is -2.34. The maximum absolute atomic E-state index is 13.1. The van der Waals surface area contributed by atoms with Crippen molar-refractivity contribution in [2.24, 2.45) is 5.92 Å². The lowest BCUT2D eigenvalue weighted by Crippen LogP contribution is -2.43. The third-order valence-corrected chi connectivity index (χ3v) is 5.01. The summed E-state index contributed by atoms with van der Waals surface area (Å²) in [5, 5.41) is 7.20. The number of nitrogens with one attached hydrogen (secondary N) is 1. The highest BCUT2D eigenvalue weighted by Crippen LogP contribution is 2.29. The summed E-state index contributed by atoms with van der Waals surface area (Å²) in [5.41, 5.74) is 1.86. The van der Waals surface area contributed by atoms with Crippen LogP contribution in [-0.4, -0.2) is 38.0 Å². The second-order valence-corrected chi connectivity index (χ2v) is 6.81. The molecule has 1 aliphatic carbocycles. The first-order valence-corrected chi connectivity index (χ1v) is 8.83. The maximum atomic E-state index is 13.1. The van der Waals surface area contributed by atoms with Crippen LogP contribution >= 0.6 is 0 Å². The number of rotatable bonds is 4. The molecule has 26 heavy (non-hydrogen) atoms. The molecule has 0 bridgehead atoms. The monoisotopic (exact) mass is 357 g/mol. The van der Waals surface area contributed by atoms with E-state index in [4.69, 9.17) is 0 Å². The molecular formula is C18H20FN5O2. The fourth-order valence-corrected chi connectivity index (χ4v) is 3.32. The Bertz CT molecular complexity index is 846. The summed E-state index contributed by atoms with van der Waals surface area (Å²) in [4.78, 5) is 30.0. The fourth-order valence-electron chi connectivity index (χ4n) is 3.32. The summed E-state index contributed by atoms with van der Waals surface area (Å²) in [6.45, 7) is 2.14. The zero-order valence-electron chi connectivity index (χ0n) is 14.3. The molecule has 1 N–H and O–H groups in total. The SMILES string of the molecule is O=C(NCc1cc2n(n1)CCN(C(=O)C1CCC1)C2)c1cncc(F)c1. The van der Waals surface area contributed by atoms with E-state index < -0.39 is 11.7 Å². The minimum Gasteiger partial charge on any atom is -0.346 e. The van der Waals surface area contributed by atoms with Crippen LogP contribution in [0, 0.1) is 11.7 Å². The molecule has 0 atom stereocenters. The van der Waals surface area contributed by atoms with Crippen molar-refractivity contribution in [2.45, 2.75) is 38.9 Å². The Morgan fingerprint density at radius 2 is 2.08 bits per heavy atom. The van der Waals surface area contributed by atoms with E-state index in [1.807, 2.05) is 15.6 Å². The summed E-state index contributed by atoms with van der Waals surface area (Å²) in [6, 6.07) is 3.05. The zero-order chi connectivity index (χ0) is 18.1. The normalized spacial score (nSPS) is 16.7. The van der Waals surface area contributed by atoms with E-state index in [0.29, 0.717) is 19.6 Å². The molecule has 2 amide bonds. The van der Waals surface area contributed by atoms with E-state index in [1.54, 1.807) is 0 Å². The van der Waals surface area contributed by atoms with Gasteiger partial charge in [0.25, 0.3) is 5.91 Å². The Morgan fingerprint density at radius 3 is 2.81 bits per heavy atom. The van der Waals surface area contributed by atoms with Crippen molar-refractivity contribution in [1.82, 2.24) is 25.0 Å². The van der Waals surface area contributed by atoms with Gasteiger partial charge in [0.05, 0.1) is 42.8 Å². The van der Waals surface area contributed by atoms with Crippen LogP contribution in [0.3, 0.4) is 0 Å². The molecule has 0 unspecified atom stereocenters. The molecule has 3 heterocycles. The molecular weight excluding hydrogens is 337 g/mol. The number of carbonyl (C=O) groups excluding carboxylic acids is 2. The largest absolute Gasteiger partial charge is 0.346 e. The number of amides is 2. The van der Waals surface area contributed by atoms with Crippen LogP contribution in [0.25, 0.3) is 0 Å². The van der Waals surface area contributed by atoms with Crippen molar-refractivity contribution in [3.8, 4) is 0 Å².